The standard InChI is InChI=1S/C17H14BrN3O3/c18-10-5-4-9-11(8-19-6-7-22)20-21-12-2-1-3-13(23)15(12)17(24)14(10)16(9)21/h1-5,19,22,24H,6-8H2. The molecule has 0 fully saturated rings. The van der Waals surface area contributed by atoms with Crippen LogP contribution in [-0.2, 0) is 6.54 Å². The number of rotatable bonds is 4. The quantitative estimate of drug-likeness (QED) is 0.368. The van der Waals surface area contributed by atoms with Crippen LogP contribution in [-0.4, -0.2) is 33.0 Å². The normalized spacial score (nSPS) is 11.9. The first kappa shape index (κ1) is 15.3. The molecule has 0 aliphatic carbocycles. The molecule has 0 aliphatic heterocycles. The summed E-state index contributed by atoms with van der Waals surface area (Å²) in [6.45, 7) is 1.00. The van der Waals surface area contributed by atoms with Crippen molar-refractivity contribution in [1.82, 2.24) is 14.9 Å². The predicted molar refractivity (Wildman–Crippen MR) is 95.8 cm³/mol. The fourth-order valence-corrected chi connectivity index (χ4v) is 3.63. The van der Waals surface area contributed by atoms with Crippen molar-refractivity contribution in [3.63, 3.8) is 0 Å². The van der Waals surface area contributed by atoms with Gasteiger partial charge in [-0.2, -0.15) is 5.10 Å². The van der Waals surface area contributed by atoms with Crippen LogP contribution in [0.4, 0.5) is 0 Å². The molecule has 24 heavy (non-hydrogen) atoms. The van der Waals surface area contributed by atoms with Crippen molar-refractivity contribution >= 4 is 43.1 Å². The zero-order valence-corrected chi connectivity index (χ0v) is 14.2. The van der Waals surface area contributed by atoms with Gasteiger partial charge in [0.05, 0.1) is 34.1 Å². The maximum absolute atomic E-state index is 12.3. The SMILES string of the molecule is O=c1cccc2c1c(O)c1c(Br)ccc3c(CNCCO)nn2c31. The Morgan fingerprint density at radius 2 is 2.04 bits per heavy atom. The third-order valence-corrected chi connectivity index (χ3v) is 4.82. The van der Waals surface area contributed by atoms with Gasteiger partial charge in [0.25, 0.3) is 0 Å². The number of hydrogen-bond acceptors (Lipinski definition) is 5. The third kappa shape index (κ3) is 2.09. The summed E-state index contributed by atoms with van der Waals surface area (Å²) in [5.74, 6) is -0.0321. The van der Waals surface area contributed by atoms with Crippen molar-refractivity contribution in [3.05, 3.63) is 50.7 Å². The van der Waals surface area contributed by atoms with E-state index in [-0.39, 0.29) is 23.2 Å². The maximum Gasteiger partial charge on any atom is 0.191 e. The molecule has 122 valence electrons. The minimum Gasteiger partial charge on any atom is -0.506 e. The van der Waals surface area contributed by atoms with E-state index in [4.69, 9.17) is 5.11 Å². The smallest absolute Gasteiger partial charge is 0.191 e. The molecule has 2 aromatic carbocycles. The first-order valence-corrected chi connectivity index (χ1v) is 8.31. The number of aliphatic hydroxyl groups excluding tert-OH is 1. The van der Waals surface area contributed by atoms with Gasteiger partial charge in [0.1, 0.15) is 5.75 Å². The van der Waals surface area contributed by atoms with Crippen LogP contribution < -0.4 is 10.7 Å². The third-order valence-electron chi connectivity index (χ3n) is 4.16. The van der Waals surface area contributed by atoms with Crippen molar-refractivity contribution < 1.29 is 10.2 Å². The Balaban J connectivity index is 2.15. The Hall–Kier alpha value is -2.22. The fourth-order valence-electron chi connectivity index (χ4n) is 3.12. The highest BCUT2D eigenvalue weighted by atomic mass is 79.9. The lowest BCUT2D eigenvalue weighted by Crippen LogP contribution is -2.17. The number of fused-ring (bicyclic) bond motifs is 2. The second-order valence-electron chi connectivity index (χ2n) is 5.58. The average molecular weight is 388 g/mol. The van der Waals surface area contributed by atoms with Crippen LogP contribution >= 0.6 is 15.9 Å². The van der Waals surface area contributed by atoms with E-state index in [0.29, 0.717) is 28.5 Å². The largest absolute Gasteiger partial charge is 0.506 e. The molecule has 0 unspecified atom stereocenters. The average Bonchev–Trinajstić information content (AvgIpc) is 2.93. The molecule has 2 heterocycles. The van der Waals surface area contributed by atoms with E-state index < -0.39 is 0 Å². The van der Waals surface area contributed by atoms with Gasteiger partial charge in [0.15, 0.2) is 5.43 Å². The van der Waals surface area contributed by atoms with Crippen LogP contribution in [0.25, 0.3) is 27.2 Å². The molecule has 0 saturated carbocycles. The molecule has 0 amide bonds. The molecule has 0 aliphatic rings. The fraction of sp³-hybridized carbons (Fsp3) is 0.176. The van der Waals surface area contributed by atoms with Crippen molar-refractivity contribution in [1.29, 1.82) is 0 Å². The van der Waals surface area contributed by atoms with Gasteiger partial charge in [-0.15, -0.1) is 0 Å². The Morgan fingerprint density at radius 1 is 1.21 bits per heavy atom. The lowest BCUT2D eigenvalue weighted by molar-refractivity contribution is 0.291. The molecule has 4 aromatic rings. The number of aromatic nitrogens is 2. The first-order chi connectivity index (χ1) is 11.6. The highest BCUT2D eigenvalue weighted by molar-refractivity contribution is 9.10. The van der Waals surface area contributed by atoms with Gasteiger partial charge in [-0.3, -0.25) is 4.79 Å². The summed E-state index contributed by atoms with van der Waals surface area (Å²) < 4.78 is 2.42. The van der Waals surface area contributed by atoms with Gasteiger partial charge in [0.2, 0.25) is 0 Å². The van der Waals surface area contributed by atoms with Gasteiger partial charge in [-0.25, -0.2) is 4.52 Å². The maximum atomic E-state index is 12.3. The number of pyridine rings is 1. The lowest BCUT2D eigenvalue weighted by atomic mass is 10.1. The van der Waals surface area contributed by atoms with E-state index in [9.17, 15) is 9.90 Å². The van der Waals surface area contributed by atoms with Crippen molar-refractivity contribution in [2.45, 2.75) is 6.54 Å². The minimum atomic E-state index is -0.241. The van der Waals surface area contributed by atoms with Gasteiger partial charge < -0.3 is 15.5 Å². The van der Waals surface area contributed by atoms with Gasteiger partial charge in [0, 0.05) is 22.9 Å². The molecule has 3 N–H and O–H groups in total. The predicted octanol–water partition coefficient (Wildman–Crippen LogP) is 1.99. The van der Waals surface area contributed by atoms with Gasteiger partial charge >= 0.3 is 0 Å². The Kier molecular flexibility index (Phi) is 3.64. The highest BCUT2D eigenvalue weighted by Gasteiger charge is 2.20. The van der Waals surface area contributed by atoms with Crippen LogP contribution in [0.2, 0.25) is 0 Å². The molecular formula is C17H14BrN3O3. The number of nitrogens with one attached hydrogen (secondary N) is 1. The van der Waals surface area contributed by atoms with E-state index in [1.165, 1.54) is 6.07 Å². The number of nitrogens with zero attached hydrogens (tertiary/aromatic N) is 2. The first-order valence-electron chi connectivity index (χ1n) is 7.52. The number of aromatic hydroxyl groups is 1. The molecule has 0 spiro atoms. The van der Waals surface area contributed by atoms with Crippen LogP contribution in [0.1, 0.15) is 5.69 Å². The molecule has 0 atom stereocenters. The molecule has 6 nitrogen and oxygen atoms in total. The zero-order valence-electron chi connectivity index (χ0n) is 12.6. The molecule has 0 saturated heterocycles. The topological polar surface area (TPSA) is 86.9 Å². The van der Waals surface area contributed by atoms with E-state index in [0.717, 1.165) is 16.6 Å². The van der Waals surface area contributed by atoms with E-state index in [2.05, 4.69) is 26.3 Å². The zero-order chi connectivity index (χ0) is 16.8. The van der Waals surface area contributed by atoms with E-state index in [1.54, 1.807) is 16.6 Å². The summed E-state index contributed by atoms with van der Waals surface area (Å²) in [4.78, 5) is 12.3. The number of hydrogen-bond donors (Lipinski definition) is 3. The minimum absolute atomic E-state index is 0.0321. The number of benzene rings is 2. The van der Waals surface area contributed by atoms with Crippen LogP contribution in [0.3, 0.4) is 0 Å². The Morgan fingerprint density at radius 3 is 2.83 bits per heavy atom. The van der Waals surface area contributed by atoms with E-state index >= 15 is 0 Å². The molecule has 0 radical (unpaired) electrons. The summed E-state index contributed by atoms with van der Waals surface area (Å²) in [6, 6.07) is 8.64. The Labute approximate surface area is 144 Å². The van der Waals surface area contributed by atoms with Crippen molar-refractivity contribution in [2.75, 3.05) is 13.2 Å². The molecule has 2 aromatic heterocycles. The van der Waals surface area contributed by atoms with Crippen LogP contribution in [0.15, 0.2) is 39.6 Å². The van der Waals surface area contributed by atoms with Gasteiger partial charge in [-0.1, -0.05) is 6.07 Å². The highest BCUT2D eigenvalue weighted by Crippen LogP contribution is 2.39. The van der Waals surface area contributed by atoms with E-state index in [1.807, 2.05) is 12.1 Å². The molecule has 4 rings (SSSR count). The van der Waals surface area contributed by atoms with Crippen molar-refractivity contribution in [3.8, 4) is 5.75 Å². The second-order valence-corrected chi connectivity index (χ2v) is 6.43. The molecular weight excluding hydrogens is 374 g/mol. The Bertz CT molecular complexity index is 1120. The summed E-state index contributed by atoms with van der Waals surface area (Å²) >= 11 is 3.46. The molecule has 7 heteroatoms. The summed E-state index contributed by atoms with van der Waals surface area (Å²) in [6.07, 6.45) is 0. The van der Waals surface area contributed by atoms with Crippen molar-refractivity contribution in [2.24, 2.45) is 0 Å². The number of aliphatic hydroxyl groups is 1. The summed E-state index contributed by atoms with van der Waals surface area (Å²) in [7, 11) is 0. The monoisotopic (exact) mass is 387 g/mol. The van der Waals surface area contributed by atoms with Crippen LogP contribution in [0.5, 0.6) is 5.75 Å². The number of halogens is 1. The van der Waals surface area contributed by atoms with Crippen LogP contribution in [0, 0.1) is 0 Å². The lowest BCUT2D eigenvalue weighted by Gasteiger charge is -2.09. The summed E-state index contributed by atoms with van der Waals surface area (Å²) in [5.41, 5.74) is 1.89. The van der Waals surface area contributed by atoms with Gasteiger partial charge in [-0.05, 0) is 40.2 Å². The molecule has 0 bridgehead atoms. The second kappa shape index (κ2) is 5.70. The summed E-state index contributed by atoms with van der Waals surface area (Å²) in [5, 5.41) is 29.1.